The first-order valence-electron chi connectivity index (χ1n) is 7.97. The van der Waals surface area contributed by atoms with Crippen molar-refractivity contribution >= 4 is 17.6 Å². The van der Waals surface area contributed by atoms with Gasteiger partial charge in [0.05, 0.1) is 26.9 Å². The van der Waals surface area contributed by atoms with Crippen LogP contribution in [-0.2, 0) is 16.0 Å². The van der Waals surface area contributed by atoms with E-state index in [4.69, 9.17) is 18.9 Å². The van der Waals surface area contributed by atoms with Crippen LogP contribution >= 0.6 is 0 Å². The molecule has 0 aromatic heterocycles. The van der Waals surface area contributed by atoms with Crippen molar-refractivity contribution in [2.24, 2.45) is 0 Å². The summed E-state index contributed by atoms with van der Waals surface area (Å²) in [7, 11) is 4.48. The van der Waals surface area contributed by atoms with Crippen LogP contribution in [0, 0.1) is 0 Å². The van der Waals surface area contributed by atoms with E-state index in [-0.39, 0.29) is 0 Å². The molecule has 1 atom stereocenters. The quantitative estimate of drug-likeness (QED) is 0.828. The molecule has 1 heterocycles. The number of nitrogens with one attached hydrogen (secondary N) is 1. The normalized spacial score (nSPS) is 15.5. The number of rotatable bonds is 5. The lowest BCUT2D eigenvalue weighted by Crippen LogP contribution is -2.37. The molecular formula is C19H19NO6. The van der Waals surface area contributed by atoms with Gasteiger partial charge in [-0.15, -0.1) is 0 Å². The monoisotopic (exact) mass is 357 g/mol. The van der Waals surface area contributed by atoms with Crippen LogP contribution in [0.25, 0.3) is 0 Å². The molecule has 2 aromatic rings. The summed E-state index contributed by atoms with van der Waals surface area (Å²) >= 11 is 0. The van der Waals surface area contributed by atoms with E-state index in [1.54, 1.807) is 24.3 Å². The third-order valence-corrected chi connectivity index (χ3v) is 4.12. The van der Waals surface area contributed by atoms with Gasteiger partial charge in [0.15, 0.2) is 17.6 Å². The summed E-state index contributed by atoms with van der Waals surface area (Å²) in [6, 6.07) is 10.3. The second-order valence-corrected chi connectivity index (χ2v) is 5.66. The number of anilines is 1. The van der Waals surface area contributed by atoms with Gasteiger partial charge in [-0.25, -0.2) is 4.79 Å². The number of ether oxygens (including phenoxy) is 4. The van der Waals surface area contributed by atoms with Crippen molar-refractivity contribution in [3.05, 3.63) is 47.5 Å². The Morgan fingerprint density at radius 3 is 2.35 bits per heavy atom. The molecule has 0 fully saturated rings. The minimum absolute atomic E-state index is 0.318. The second-order valence-electron chi connectivity index (χ2n) is 5.66. The van der Waals surface area contributed by atoms with Crippen molar-refractivity contribution in [1.82, 2.24) is 0 Å². The van der Waals surface area contributed by atoms with Gasteiger partial charge in [-0.3, -0.25) is 4.79 Å². The summed E-state index contributed by atoms with van der Waals surface area (Å²) in [6.45, 7) is 0. The molecule has 7 nitrogen and oxygen atoms in total. The topological polar surface area (TPSA) is 83.1 Å². The van der Waals surface area contributed by atoms with E-state index < -0.39 is 18.0 Å². The van der Waals surface area contributed by atoms with E-state index in [0.717, 1.165) is 5.56 Å². The first-order valence-corrected chi connectivity index (χ1v) is 7.97. The Hall–Kier alpha value is -3.22. The maximum absolute atomic E-state index is 12.6. The molecule has 0 aliphatic carbocycles. The SMILES string of the molecule is COc1cc(NC(=O)[C@@H]2Cc3ccccc3C(=O)O2)cc(OC)c1OC. The highest BCUT2D eigenvalue weighted by molar-refractivity contribution is 6.00. The fourth-order valence-corrected chi connectivity index (χ4v) is 2.85. The summed E-state index contributed by atoms with van der Waals surface area (Å²) < 4.78 is 21.1. The van der Waals surface area contributed by atoms with E-state index >= 15 is 0 Å². The number of benzene rings is 2. The lowest BCUT2D eigenvalue weighted by molar-refractivity contribution is -0.125. The minimum atomic E-state index is -0.906. The molecule has 26 heavy (non-hydrogen) atoms. The van der Waals surface area contributed by atoms with Gasteiger partial charge < -0.3 is 24.3 Å². The Kier molecular flexibility index (Phi) is 4.97. The number of fused-ring (bicyclic) bond motifs is 1. The third-order valence-electron chi connectivity index (χ3n) is 4.12. The highest BCUT2D eigenvalue weighted by Crippen LogP contribution is 2.40. The predicted octanol–water partition coefficient (Wildman–Crippen LogP) is 2.43. The molecule has 0 saturated carbocycles. The summed E-state index contributed by atoms with van der Waals surface area (Å²) in [6.07, 6.45) is -0.588. The molecule has 0 bridgehead atoms. The highest BCUT2D eigenvalue weighted by Gasteiger charge is 2.31. The summed E-state index contributed by atoms with van der Waals surface area (Å²) in [4.78, 5) is 24.7. The Morgan fingerprint density at radius 1 is 1.08 bits per heavy atom. The second kappa shape index (κ2) is 7.35. The van der Waals surface area contributed by atoms with Gasteiger partial charge in [-0.1, -0.05) is 18.2 Å². The minimum Gasteiger partial charge on any atom is -0.493 e. The van der Waals surface area contributed by atoms with E-state index in [2.05, 4.69) is 5.32 Å². The largest absolute Gasteiger partial charge is 0.493 e. The number of methoxy groups -OCH3 is 3. The van der Waals surface area contributed by atoms with Crippen LogP contribution in [0.15, 0.2) is 36.4 Å². The average molecular weight is 357 g/mol. The first-order chi connectivity index (χ1) is 12.6. The van der Waals surface area contributed by atoms with Crippen LogP contribution < -0.4 is 19.5 Å². The fraction of sp³-hybridized carbons (Fsp3) is 0.263. The molecule has 0 unspecified atom stereocenters. The van der Waals surface area contributed by atoms with Gasteiger partial charge in [0.25, 0.3) is 5.91 Å². The van der Waals surface area contributed by atoms with E-state index in [1.807, 2.05) is 12.1 Å². The molecular weight excluding hydrogens is 338 g/mol. The Balaban J connectivity index is 1.82. The molecule has 0 spiro atoms. The van der Waals surface area contributed by atoms with Gasteiger partial charge in [0.1, 0.15) is 0 Å². The fourth-order valence-electron chi connectivity index (χ4n) is 2.85. The van der Waals surface area contributed by atoms with Gasteiger partial charge in [0, 0.05) is 24.2 Å². The lowest BCUT2D eigenvalue weighted by Gasteiger charge is -2.24. The van der Waals surface area contributed by atoms with Crippen LogP contribution in [0.1, 0.15) is 15.9 Å². The molecule has 1 aliphatic rings. The Labute approximate surface area is 150 Å². The molecule has 2 aromatic carbocycles. The Morgan fingerprint density at radius 2 is 1.73 bits per heavy atom. The molecule has 0 saturated heterocycles. The summed E-state index contributed by atoms with van der Waals surface area (Å²) in [5.41, 5.74) is 1.72. The van der Waals surface area contributed by atoms with Crippen molar-refractivity contribution in [2.75, 3.05) is 26.6 Å². The summed E-state index contributed by atoms with van der Waals surface area (Å²) in [5.74, 6) is 0.311. The Bertz CT molecular complexity index is 823. The van der Waals surface area contributed by atoms with E-state index in [9.17, 15) is 9.59 Å². The van der Waals surface area contributed by atoms with Crippen molar-refractivity contribution in [3.63, 3.8) is 0 Å². The number of cyclic esters (lactones) is 1. The number of carbonyl (C=O) groups excluding carboxylic acids is 2. The number of hydrogen-bond acceptors (Lipinski definition) is 6. The van der Waals surface area contributed by atoms with Crippen LogP contribution in [0.2, 0.25) is 0 Å². The molecule has 7 heteroatoms. The number of esters is 1. The van der Waals surface area contributed by atoms with Crippen molar-refractivity contribution < 1.29 is 28.5 Å². The van der Waals surface area contributed by atoms with Crippen molar-refractivity contribution in [1.29, 1.82) is 0 Å². The molecule has 1 aliphatic heterocycles. The zero-order valence-electron chi connectivity index (χ0n) is 14.7. The molecule has 1 amide bonds. The third kappa shape index (κ3) is 3.28. The maximum Gasteiger partial charge on any atom is 0.339 e. The van der Waals surface area contributed by atoms with Gasteiger partial charge >= 0.3 is 5.97 Å². The standard InChI is InChI=1S/C19H19NO6/c1-23-14-9-12(10-15(24-2)17(14)25-3)20-18(21)16-8-11-6-4-5-7-13(11)19(22)26-16/h4-7,9-10,16H,8H2,1-3H3,(H,20,21)/t16-/m0/s1. The highest BCUT2D eigenvalue weighted by atomic mass is 16.6. The van der Waals surface area contributed by atoms with Crippen LogP contribution in [0.5, 0.6) is 17.2 Å². The van der Waals surface area contributed by atoms with Crippen molar-refractivity contribution in [2.45, 2.75) is 12.5 Å². The summed E-state index contributed by atoms with van der Waals surface area (Å²) in [5, 5.41) is 2.73. The van der Waals surface area contributed by atoms with Crippen LogP contribution in [-0.4, -0.2) is 39.3 Å². The maximum atomic E-state index is 12.6. The van der Waals surface area contributed by atoms with E-state index in [1.165, 1.54) is 21.3 Å². The van der Waals surface area contributed by atoms with Crippen LogP contribution in [0.4, 0.5) is 5.69 Å². The smallest absolute Gasteiger partial charge is 0.339 e. The molecule has 0 radical (unpaired) electrons. The first kappa shape index (κ1) is 17.6. The van der Waals surface area contributed by atoms with Gasteiger partial charge in [0.2, 0.25) is 5.75 Å². The van der Waals surface area contributed by atoms with Crippen molar-refractivity contribution in [3.8, 4) is 17.2 Å². The van der Waals surface area contributed by atoms with Gasteiger partial charge in [-0.2, -0.15) is 0 Å². The average Bonchev–Trinajstić information content (AvgIpc) is 2.67. The zero-order chi connectivity index (χ0) is 18.7. The van der Waals surface area contributed by atoms with Crippen LogP contribution in [0.3, 0.4) is 0 Å². The number of carbonyl (C=O) groups is 2. The molecule has 136 valence electrons. The number of hydrogen-bond donors (Lipinski definition) is 1. The lowest BCUT2D eigenvalue weighted by atomic mass is 9.98. The number of amides is 1. The van der Waals surface area contributed by atoms with E-state index in [0.29, 0.717) is 34.9 Å². The molecule has 3 rings (SSSR count). The van der Waals surface area contributed by atoms with Gasteiger partial charge in [-0.05, 0) is 11.6 Å². The predicted molar refractivity (Wildman–Crippen MR) is 94.1 cm³/mol. The molecule has 1 N–H and O–H groups in total. The zero-order valence-corrected chi connectivity index (χ0v) is 14.7.